The van der Waals surface area contributed by atoms with Gasteiger partial charge in [0.2, 0.25) is 0 Å². The molecular weight excluding hydrogens is 288 g/mol. The van der Waals surface area contributed by atoms with E-state index in [0.29, 0.717) is 29.0 Å². The maximum absolute atomic E-state index is 12.1. The fourth-order valence-corrected chi connectivity index (χ4v) is 6.69. The zero-order valence-electron chi connectivity index (χ0n) is 14.8. The van der Waals surface area contributed by atoms with Crippen LogP contribution in [0.25, 0.3) is 0 Å². The molecule has 7 atom stereocenters. The largest absolute Gasteiger partial charge is 0.459 e. The summed E-state index contributed by atoms with van der Waals surface area (Å²) in [6, 6.07) is 0. The molecule has 128 valence electrons. The van der Waals surface area contributed by atoms with Crippen molar-refractivity contribution in [2.24, 2.45) is 35.0 Å². The highest BCUT2D eigenvalue weighted by Gasteiger charge is 2.59. The number of carbonyl (C=O) groups excluding carboxylic acids is 2. The van der Waals surface area contributed by atoms with Gasteiger partial charge in [0.1, 0.15) is 11.4 Å². The van der Waals surface area contributed by atoms with Gasteiger partial charge in [0.15, 0.2) is 0 Å². The van der Waals surface area contributed by atoms with Crippen LogP contribution in [0.3, 0.4) is 0 Å². The Hall–Kier alpha value is -0.860. The van der Waals surface area contributed by atoms with Gasteiger partial charge in [-0.2, -0.15) is 0 Å². The standard InChI is InChI=1S/C20H30O3/c1-12-10-17-15-5-4-13-11-14(21)6-8-19(13,2)16(15)7-9-20(17,3)23-18(12)22/h12-13,15-17H,4-11H2,1-3H3/t12-,13+,15+,16+,17+,19-,20-/m0/s1. The van der Waals surface area contributed by atoms with E-state index in [1.165, 1.54) is 19.3 Å². The molecule has 4 fully saturated rings. The number of ketones is 1. The van der Waals surface area contributed by atoms with Crippen LogP contribution in [-0.4, -0.2) is 17.4 Å². The van der Waals surface area contributed by atoms with Crippen molar-refractivity contribution in [3.05, 3.63) is 0 Å². The molecule has 3 aliphatic carbocycles. The molecule has 0 radical (unpaired) electrons. The molecule has 3 heteroatoms. The Morgan fingerprint density at radius 1 is 1.04 bits per heavy atom. The summed E-state index contributed by atoms with van der Waals surface area (Å²) >= 11 is 0. The third-order valence-electron chi connectivity index (χ3n) is 8.16. The third-order valence-corrected chi connectivity index (χ3v) is 8.16. The van der Waals surface area contributed by atoms with Crippen molar-refractivity contribution in [3.8, 4) is 0 Å². The van der Waals surface area contributed by atoms with Gasteiger partial charge in [-0.25, -0.2) is 0 Å². The minimum atomic E-state index is -0.238. The van der Waals surface area contributed by atoms with Gasteiger partial charge in [-0.05, 0) is 68.6 Å². The molecule has 3 nitrogen and oxygen atoms in total. The quantitative estimate of drug-likeness (QED) is 0.630. The second kappa shape index (κ2) is 5.07. The number of hydrogen-bond donors (Lipinski definition) is 0. The van der Waals surface area contributed by atoms with Gasteiger partial charge in [0.05, 0.1) is 5.92 Å². The summed E-state index contributed by atoms with van der Waals surface area (Å²) in [7, 11) is 0. The van der Waals surface area contributed by atoms with E-state index < -0.39 is 0 Å². The van der Waals surface area contributed by atoms with Gasteiger partial charge in [0, 0.05) is 18.8 Å². The van der Waals surface area contributed by atoms with E-state index in [-0.39, 0.29) is 17.5 Å². The number of ether oxygens (including phenoxy) is 1. The van der Waals surface area contributed by atoms with Gasteiger partial charge in [-0.1, -0.05) is 13.8 Å². The number of esters is 1. The Labute approximate surface area is 139 Å². The molecule has 4 rings (SSSR count). The van der Waals surface area contributed by atoms with E-state index in [1.807, 2.05) is 6.92 Å². The number of hydrogen-bond acceptors (Lipinski definition) is 3. The Balaban J connectivity index is 1.63. The van der Waals surface area contributed by atoms with E-state index in [1.54, 1.807) is 0 Å². The van der Waals surface area contributed by atoms with Crippen molar-refractivity contribution in [2.45, 2.75) is 77.7 Å². The van der Waals surface area contributed by atoms with Crippen LogP contribution in [0.1, 0.15) is 72.1 Å². The molecule has 0 N–H and O–H groups in total. The number of fused-ring (bicyclic) bond motifs is 5. The molecule has 1 heterocycles. The van der Waals surface area contributed by atoms with Crippen molar-refractivity contribution in [3.63, 3.8) is 0 Å². The normalized spacial score (nSPS) is 52.9. The molecule has 1 saturated heterocycles. The monoisotopic (exact) mass is 318 g/mol. The zero-order chi connectivity index (χ0) is 16.4. The topological polar surface area (TPSA) is 43.4 Å². The van der Waals surface area contributed by atoms with Crippen LogP contribution in [0.15, 0.2) is 0 Å². The van der Waals surface area contributed by atoms with Crippen molar-refractivity contribution < 1.29 is 14.3 Å². The first-order chi connectivity index (χ1) is 10.8. The fourth-order valence-electron chi connectivity index (χ4n) is 6.69. The Kier molecular flexibility index (Phi) is 3.45. The zero-order valence-corrected chi connectivity index (χ0v) is 14.8. The smallest absolute Gasteiger partial charge is 0.309 e. The van der Waals surface area contributed by atoms with Gasteiger partial charge in [0.25, 0.3) is 0 Å². The molecule has 4 aliphatic rings. The van der Waals surface area contributed by atoms with Gasteiger partial charge >= 0.3 is 5.97 Å². The lowest BCUT2D eigenvalue weighted by Crippen LogP contribution is -2.59. The van der Waals surface area contributed by atoms with Crippen molar-refractivity contribution >= 4 is 11.8 Å². The highest BCUT2D eigenvalue weighted by molar-refractivity contribution is 5.79. The van der Waals surface area contributed by atoms with E-state index in [2.05, 4.69) is 13.8 Å². The van der Waals surface area contributed by atoms with Crippen LogP contribution in [0.5, 0.6) is 0 Å². The molecule has 3 saturated carbocycles. The lowest BCUT2D eigenvalue weighted by Gasteiger charge is -2.61. The highest BCUT2D eigenvalue weighted by Crippen LogP contribution is 2.63. The predicted octanol–water partition coefficient (Wildman–Crippen LogP) is 4.14. The van der Waals surface area contributed by atoms with Crippen LogP contribution in [0, 0.1) is 35.0 Å². The molecule has 0 unspecified atom stereocenters. The lowest BCUT2D eigenvalue weighted by molar-refractivity contribution is -0.209. The predicted molar refractivity (Wildman–Crippen MR) is 87.7 cm³/mol. The summed E-state index contributed by atoms with van der Waals surface area (Å²) in [6.07, 6.45) is 8.26. The average Bonchev–Trinajstić information content (AvgIpc) is 2.49. The van der Waals surface area contributed by atoms with Crippen LogP contribution in [0.4, 0.5) is 0 Å². The first-order valence-corrected chi connectivity index (χ1v) is 9.58. The van der Waals surface area contributed by atoms with E-state index in [9.17, 15) is 9.59 Å². The molecule has 0 aromatic heterocycles. The van der Waals surface area contributed by atoms with Gasteiger partial charge in [-0.15, -0.1) is 0 Å². The van der Waals surface area contributed by atoms with Crippen LogP contribution < -0.4 is 0 Å². The van der Waals surface area contributed by atoms with E-state index in [4.69, 9.17) is 4.74 Å². The summed E-state index contributed by atoms with van der Waals surface area (Å²) < 4.78 is 5.93. The minimum Gasteiger partial charge on any atom is -0.459 e. The maximum atomic E-state index is 12.1. The third kappa shape index (κ3) is 2.21. The summed E-state index contributed by atoms with van der Waals surface area (Å²) in [4.78, 5) is 24.0. The number of carbonyl (C=O) groups is 2. The Morgan fingerprint density at radius 3 is 2.61 bits per heavy atom. The lowest BCUT2D eigenvalue weighted by atomic mass is 9.45. The van der Waals surface area contributed by atoms with Crippen molar-refractivity contribution in [1.29, 1.82) is 0 Å². The van der Waals surface area contributed by atoms with Crippen molar-refractivity contribution in [1.82, 2.24) is 0 Å². The van der Waals surface area contributed by atoms with Crippen LogP contribution in [-0.2, 0) is 14.3 Å². The molecule has 0 aromatic rings. The first-order valence-electron chi connectivity index (χ1n) is 9.58. The van der Waals surface area contributed by atoms with E-state index >= 15 is 0 Å². The molecule has 0 aromatic carbocycles. The molecule has 1 aliphatic heterocycles. The van der Waals surface area contributed by atoms with E-state index in [0.717, 1.165) is 38.0 Å². The van der Waals surface area contributed by atoms with Gasteiger partial charge < -0.3 is 4.74 Å². The second-order valence-corrected chi connectivity index (χ2v) is 9.31. The Bertz CT molecular complexity index is 541. The van der Waals surface area contributed by atoms with Crippen molar-refractivity contribution in [2.75, 3.05) is 0 Å². The fraction of sp³-hybridized carbons (Fsp3) is 0.900. The Morgan fingerprint density at radius 2 is 1.83 bits per heavy atom. The maximum Gasteiger partial charge on any atom is 0.309 e. The molecule has 0 spiro atoms. The molecule has 0 amide bonds. The summed E-state index contributed by atoms with van der Waals surface area (Å²) in [6.45, 7) is 6.66. The highest BCUT2D eigenvalue weighted by atomic mass is 16.6. The molecule has 0 bridgehead atoms. The van der Waals surface area contributed by atoms with Crippen LogP contribution in [0.2, 0.25) is 0 Å². The summed E-state index contributed by atoms with van der Waals surface area (Å²) in [5.74, 6) is 3.04. The van der Waals surface area contributed by atoms with Gasteiger partial charge in [-0.3, -0.25) is 9.59 Å². The average molecular weight is 318 g/mol. The number of Topliss-reactive ketones (excluding diaryl/α,β-unsaturated/α-hetero) is 1. The first kappa shape index (κ1) is 15.7. The number of rotatable bonds is 0. The van der Waals surface area contributed by atoms with Crippen LogP contribution >= 0.6 is 0 Å². The SMILES string of the molecule is C[C@H]1C[C@@H]2[C@@H]3CC[C@@H]4CC(=O)CC[C@]4(C)[C@@H]3CC[C@]2(C)OC1=O. The minimum absolute atomic E-state index is 0.00496. The summed E-state index contributed by atoms with van der Waals surface area (Å²) in [5, 5.41) is 0. The summed E-state index contributed by atoms with van der Waals surface area (Å²) in [5.41, 5.74) is 0.0985. The molecular formula is C20H30O3. The second-order valence-electron chi connectivity index (χ2n) is 9.31. The molecule has 23 heavy (non-hydrogen) atoms.